The molecule has 1 atom stereocenters. The first-order valence-electron chi connectivity index (χ1n) is 7.14. The summed E-state index contributed by atoms with van der Waals surface area (Å²) in [4.78, 5) is 25.3. The number of hydrogen-bond donors (Lipinski definition) is 0. The second-order valence-corrected chi connectivity index (χ2v) is 5.10. The number of nitrogens with zero attached hydrogens (tertiary/aromatic N) is 1. The van der Waals surface area contributed by atoms with Gasteiger partial charge in [-0.3, -0.25) is 4.79 Å². The van der Waals surface area contributed by atoms with Crippen LogP contribution in [0.15, 0.2) is 60.7 Å². The third-order valence-electron chi connectivity index (χ3n) is 3.58. The zero-order chi connectivity index (χ0) is 16.2. The van der Waals surface area contributed by atoms with E-state index >= 15 is 0 Å². The molecule has 5 heteroatoms. The average molecular weight is 311 g/mol. The molecule has 0 radical (unpaired) electrons. The van der Waals surface area contributed by atoms with Gasteiger partial charge in [0.05, 0.1) is 0 Å². The molecule has 116 valence electrons. The molecule has 23 heavy (non-hydrogen) atoms. The van der Waals surface area contributed by atoms with Gasteiger partial charge in [-0.15, -0.1) is 0 Å². The van der Waals surface area contributed by atoms with Crippen LogP contribution in [0, 0.1) is 5.82 Å². The van der Waals surface area contributed by atoms with Crippen molar-refractivity contribution in [1.29, 1.82) is 0 Å². The highest BCUT2D eigenvalue weighted by Gasteiger charge is 2.37. The molecule has 2 amide bonds. The molecule has 1 aliphatic heterocycles. The largest absolute Gasteiger partial charge is 0.446 e. The fraction of sp³-hybridized carbons (Fsp3) is 0.111. The Labute approximate surface area is 132 Å². The quantitative estimate of drug-likeness (QED) is 0.814. The highest BCUT2D eigenvalue weighted by Crippen LogP contribution is 2.27. The fourth-order valence-electron chi connectivity index (χ4n) is 2.41. The maximum Gasteiger partial charge on any atom is 0.417 e. The first-order valence-corrected chi connectivity index (χ1v) is 7.14. The number of cyclic esters (lactones) is 1. The minimum Gasteiger partial charge on any atom is -0.446 e. The lowest BCUT2D eigenvalue weighted by atomic mass is 10.1. The van der Waals surface area contributed by atoms with E-state index in [0.717, 1.165) is 10.5 Å². The zero-order valence-corrected chi connectivity index (χ0v) is 12.2. The van der Waals surface area contributed by atoms with Gasteiger partial charge in [0, 0.05) is 6.08 Å². The van der Waals surface area contributed by atoms with Crippen molar-refractivity contribution in [2.24, 2.45) is 0 Å². The van der Waals surface area contributed by atoms with Crippen LogP contribution in [0.4, 0.5) is 9.18 Å². The van der Waals surface area contributed by atoms with E-state index in [9.17, 15) is 14.0 Å². The van der Waals surface area contributed by atoms with Crippen molar-refractivity contribution in [2.75, 3.05) is 6.61 Å². The molecule has 4 nitrogen and oxygen atoms in total. The van der Waals surface area contributed by atoms with E-state index in [-0.39, 0.29) is 12.4 Å². The Balaban J connectivity index is 1.79. The summed E-state index contributed by atoms with van der Waals surface area (Å²) in [6.07, 6.45) is 2.16. The zero-order valence-electron chi connectivity index (χ0n) is 12.2. The third kappa shape index (κ3) is 3.29. The molecule has 1 heterocycles. The molecule has 0 saturated carbocycles. The maximum atomic E-state index is 12.9. The van der Waals surface area contributed by atoms with Crippen LogP contribution in [0.1, 0.15) is 17.2 Å². The van der Waals surface area contributed by atoms with E-state index < -0.39 is 18.0 Å². The SMILES string of the molecule is O=C(C=Cc1ccc(F)cc1)N1C(=O)OC[C@H]1c1ccccc1. The highest BCUT2D eigenvalue weighted by molar-refractivity contribution is 6.02. The van der Waals surface area contributed by atoms with Crippen LogP contribution in [-0.4, -0.2) is 23.5 Å². The molecule has 0 aromatic heterocycles. The summed E-state index contributed by atoms with van der Waals surface area (Å²) in [5.74, 6) is -0.814. The van der Waals surface area contributed by atoms with Crippen molar-refractivity contribution >= 4 is 18.1 Å². The molecular weight excluding hydrogens is 297 g/mol. The minimum atomic E-state index is -0.660. The lowest BCUT2D eigenvalue weighted by Crippen LogP contribution is -2.32. The van der Waals surface area contributed by atoms with Gasteiger partial charge in [-0.1, -0.05) is 42.5 Å². The predicted molar refractivity (Wildman–Crippen MR) is 82.8 cm³/mol. The standard InChI is InChI=1S/C18H14FNO3/c19-15-9-6-13(7-10-15)8-11-17(21)20-16(12-23-18(20)22)14-4-2-1-3-5-14/h1-11,16H,12H2/t16-/m0/s1. The van der Waals surface area contributed by atoms with E-state index in [0.29, 0.717) is 5.56 Å². The minimum absolute atomic E-state index is 0.138. The first kappa shape index (κ1) is 15.0. The summed E-state index contributed by atoms with van der Waals surface area (Å²) in [5.41, 5.74) is 1.51. The number of rotatable bonds is 3. The van der Waals surface area contributed by atoms with Gasteiger partial charge in [-0.05, 0) is 29.3 Å². The van der Waals surface area contributed by atoms with Gasteiger partial charge in [0.1, 0.15) is 18.5 Å². The molecule has 2 aromatic rings. The van der Waals surface area contributed by atoms with Crippen molar-refractivity contribution in [1.82, 2.24) is 4.90 Å². The number of carbonyl (C=O) groups excluding carboxylic acids is 2. The summed E-state index contributed by atoms with van der Waals surface area (Å²) in [6, 6.07) is 14.5. The van der Waals surface area contributed by atoms with Crippen LogP contribution >= 0.6 is 0 Å². The second kappa shape index (κ2) is 6.44. The Kier molecular flexibility index (Phi) is 4.19. The van der Waals surface area contributed by atoms with Crippen LogP contribution in [0.25, 0.3) is 6.08 Å². The second-order valence-electron chi connectivity index (χ2n) is 5.10. The number of carbonyl (C=O) groups is 2. The summed E-state index contributed by atoms with van der Waals surface area (Å²) in [5, 5.41) is 0. The van der Waals surface area contributed by atoms with Crippen LogP contribution in [0.3, 0.4) is 0 Å². The summed E-state index contributed by atoms with van der Waals surface area (Å²) in [7, 11) is 0. The van der Waals surface area contributed by atoms with Crippen molar-refractivity contribution in [2.45, 2.75) is 6.04 Å². The molecule has 0 N–H and O–H groups in total. The molecule has 0 aliphatic carbocycles. The Morgan fingerprint density at radius 1 is 1.13 bits per heavy atom. The molecular formula is C18H14FNO3. The third-order valence-corrected chi connectivity index (χ3v) is 3.58. The van der Waals surface area contributed by atoms with Gasteiger partial charge >= 0.3 is 6.09 Å². The fourth-order valence-corrected chi connectivity index (χ4v) is 2.41. The van der Waals surface area contributed by atoms with Crippen LogP contribution in [-0.2, 0) is 9.53 Å². The van der Waals surface area contributed by atoms with Gasteiger partial charge in [-0.2, -0.15) is 0 Å². The number of amides is 2. The van der Waals surface area contributed by atoms with Gasteiger partial charge < -0.3 is 4.74 Å². The molecule has 1 saturated heterocycles. The maximum absolute atomic E-state index is 12.9. The van der Waals surface area contributed by atoms with Gasteiger partial charge in [0.25, 0.3) is 5.91 Å². The summed E-state index contributed by atoms with van der Waals surface area (Å²) < 4.78 is 17.9. The number of halogens is 1. The molecule has 0 bridgehead atoms. The monoisotopic (exact) mass is 311 g/mol. The van der Waals surface area contributed by atoms with Crippen molar-refractivity contribution < 1.29 is 18.7 Å². The van der Waals surface area contributed by atoms with Crippen LogP contribution in [0.5, 0.6) is 0 Å². The highest BCUT2D eigenvalue weighted by atomic mass is 19.1. The average Bonchev–Trinajstić information content (AvgIpc) is 2.96. The number of benzene rings is 2. The number of hydrogen-bond acceptors (Lipinski definition) is 3. The number of ether oxygens (including phenoxy) is 1. The van der Waals surface area contributed by atoms with Crippen LogP contribution in [0.2, 0.25) is 0 Å². The molecule has 2 aromatic carbocycles. The van der Waals surface area contributed by atoms with E-state index in [1.807, 2.05) is 30.3 Å². The first-order chi connectivity index (χ1) is 11.1. The van der Waals surface area contributed by atoms with Crippen molar-refractivity contribution in [3.8, 4) is 0 Å². The molecule has 0 unspecified atom stereocenters. The topological polar surface area (TPSA) is 46.6 Å². The van der Waals surface area contributed by atoms with Crippen LogP contribution < -0.4 is 0 Å². The normalized spacial score (nSPS) is 17.5. The lowest BCUT2D eigenvalue weighted by molar-refractivity contribution is -0.124. The van der Waals surface area contributed by atoms with E-state index in [4.69, 9.17) is 4.74 Å². The van der Waals surface area contributed by atoms with Crippen molar-refractivity contribution in [3.63, 3.8) is 0 Å². The Hall–Kier alpha value is -2.95. The van der Waals surface area contributed by atoms with Crippen molar-refractivity contribution in [3.05, 3.63) is 77.6 Å². The summed E-state index contributed by atoms with van der Waals surface area (Å²) >= 11 is 0. The predicted octanol–water partition coefficient (Wildman–Crippen LogP) is 3.56. The van der Waals surface area contributed by atoms with Gasteiger partial charge in [0.2, 0.25) is 0 Å². The smallest absolute Gasteiger partial charge is 0.417 e. The Morgan fingerprint density at radius 2 is 1.83 bits per heavy atom. The molecule has 1 aliphatic rings. The van der Waals surface area contributed by atoms with E-state index in [1.165, 1.54) is 24.3 Å². The van der Waals surface area contributed by atoms with E-state index in [2.05, 4.69) is 0 Å². The Bertz CT molecular complexity index is 741. The summed E-state index contributed by atoms with van der Waals surface area (Å²) in [6.45, 7) is 0.138. The number of imide groups is 1. The lowest BCUT2D eigenvalue weighted by Gasteiger charge is -2.18. The van der Waals surface area contributed by atoms with Gasteiger partial charge in [-0.25, -0.2) is 14.1 Å². The molecule has 1 fully saturated rings. The Morgan fingerprint density at radius 3 is 2.52 bits per heavy atom. The molecule has 3 rings (SSSR count). The van der Waals surface area contributed by atoms with Gasteiger partial charge in [0.15, 0.2) is 0 Å². The molecule has 0 spiro atoms. The van der Waals surface area contributed by atoms with E-state index in [1.54, 1.807) is 12.1 Å².